The van der Waals surface area contributed by atoms with E-state index in [1.54, 1.807) is 7.11 Å². The Balaban J connectivity index is 0. The molecule has 0 spiro atoms. The van der Waals surface area contributed by atoms with Crippen LogP contribution in [-0.2, 0) is 0 Å². The highest BCUT2D eigenvalue weighted by atomic mass is 35.5. The molecule has 0 aliphatic heterocycles. The van der Waals surface area contributed by atoms with Crippen LogP contribution in [0.1, 0.15) is 0 Å². The summed E-state index contributed by atoms with van der Waals surface area (Å²) in [5, 5.41) is 6.31. The first-order valence-electron chi connectivity index (χ1n) is 9.09. The van der Waals surface area contributed by atoms with Crippen molar-refractivity contribution in [3.8, 4) is 5.75 Å². The van der Waals surface area contributed by atoms with Crippen LogP contribution in [0.2, 0.25) is 5.02 Å². The number of pyridine rings is 1. The Morgan fingerprint density at radius 2 is 1.58 bits per heavy atom. The maximum Gasteiger partial charge on any atom is 0.119 e. The van der Waals surface area contributed by atoms with Gasteiger partial charge in [-0.15, -0.1) is 49.6 Å². The standard InChI is InChI=1S/C20H26ClN5O.4ClH/c1-27-15-3-5-18-17(13-15)20(16-4-2-14(21)12-19(16)25-18)24-8-11-26(9-6-22)10-7-23;;;;/h2-5,12-13H,6-11,22-23H2,1H3,(H,24,25);4*1H. The van der Waals surface area contributed by atoms with Crippen molar-refractivity contribution in [2.45, 2.75) is 0 Å². The SMILES string of the molecule is COc1ccc2nc3cc(Cl)ccc3c(NCCN(CCN)CCN)c2c1.Cl.Cl.Cl.Cl. The number of nitrogens with two attached hydrogens (primary N) is 2. The van der Waals surface area contributed by atoms with E-state index >= 15 is 0 Å². The van der Waals surface area contributed by atoms with Crippen molar-refractivity contribution >= 4 is 88.7 Å². The number of ether oxygens (including phenoxy) is 1. The van der Waals surface area contributed by atoms with Crippen LogP contribution in [0, 0.1) is 0 Å². The fourth-order valence-electron chi connectivity index (χ4n) is 3.25. The van der Waals surface area contributed by atoms with Crippen molar-refractivity contribution in [3.05, 3.63) is 41.4 Å². The number of nitrogens with one attached hydrogen (secondary N) is 1. The Labute approximate surface area is 213 Å². The van der Waals surface area contributed by atoms with Gasteiger partial charge in [-0.05, 0) is 36.4 Å². The summed E-state index contributed by atoms with van der Waals surface area (Å²) < 4.78 is 5.40. The molecule has 0 saturated carbocycles. The van der Waals surface area contributed by atoms with E-state index in [1.807, 2.05) is 36.4 Å². The fourth-order valence-corrected chi connectivity index (χ4v) is 3.42. The number of methoxy groups -OCH3 is 1. The zero-order chi connectivity index (χ0) is 19.2. The van der Waals surface area contributed by atoms with Gasteiger partial charge in [-0.3, -0.25) is 4.90 Å². The van der Waals surface area contributed by atoms with E-state index in [-0.39, 0.29) is 49.6 Å². The Hall–Kier alpha value is -0.960. The van der Waals surface area contributed by atoms with E-state index in [9.17, 15) is 0 Å². The van der Waals surface area contributed by atoms with Crippen LogP contribution in [-0.4, -0.2) is 56.3 Å². The fraction of sp³-hybridized carbons (Fsp3) is 0.350. The molecular formula is C20H30Cl5N5O. The molecule has 0 bridgehead atoms. The molecule has 1 aromatic heterocycles. The molecule has 0 unspecified atom stereocenters. The minimum absolute atomic E-state index is 0. The number of aromatic nitrogens is 1. The lowest BCUT2D eigenvalue weighted by Gasteiger charge is -2.22. The van der Waals surface area contributed by atoms with Crippen LogP contribution in [0.25, 0.3) is 21.8 Å². The second-order valence-electron chi connectivity index (χ2n) is 6.38. The van der Waals surface area contributed by atoms with Crippen molar-refractivity contribution in [3.63, 3.8) is 0 Å². The van der Waals surface area contributed by atoms with Gasteiger partial charge in [0, 0.05) is 55.1 Å². The Kier molecular flexibility index (Phi) is 16.4. The van der Waals surface area contributed by atoms with E-state index in [4.69, 9.17) is 32.8 Å². The molecule has 3 aromatic rings. The number of nitrogens with zero attached hydrogens (tertiary/aromatic N) is 2. The van der Waals surface area contributed by atoms with E-state index in [1.165, 1.54) is 0 Å². The lowest BCUT2D eigenvalue weighted by Crippen LogP contribution is -2.37. The molecule has 0 fully saturated rings. The lowest BCUT2D eigenvalue weighted by molar-refractivity contribution is 0.300. The number of halogens is 5. The van der Waals surface area contributed by atoms with E-state index < -0.39 is 0 Å². The monoisotopic (exact) mass is 531 g/mol. The molecule has 0 aliphatic carbocycles. The van der Waals surface area contributed by atoms with Crippen LogP contribution in [0.3, 0.4) is 0 Å². The van der Waals surface area contributed by atoms with E-state index in [0.29, 0.717) is 18.1 Å². The summed E-state index contributed by atoms with van der Waals surface area (Å²) in [7, 11) is 1.67. The van der Waals surface area contributed by atoms with Crippen LogP contribution >= 0.6 is 61.2 Å². The molecule has 0 aliphatic rings. The number of fused-ring (bicyclic) bond motifs is 2. The molecule has 2 aromatic carbocycles. The normalized spacial score (nSPS) is 9.97. The van der Waals surface area contributed by atoms with Crippen LogP contribution < -0.4 is 21.5 Å². The molecular weight excluding hydrogens is 504 g/mol. The molecule has 5 N–H and O–H groups in total. The summed E-state index contributed by atoms with van der Waals surface area (Å²) in [5.41, 5.74) is 14.2. The Morgan fingerprint density at radius 3 is 2.19 bits per heavy atom. The predicted octanol–water partition coefficient (Wildman–Crippen LogP) is 4.37. The average molecular weight is 534 g/mol. The second kappa shape index (κ2) is 15.8. The van der Waals surface area contributed by atoms with Crippen molar-refractivity contribution in [2.24, 2.45) is 11.5 Å². The molecule has 176 valence electrons. The van der Waals surface area contributed by atoms with Gasteiger partial charge < -0.3 is 21.5 Å². The zero-order valence-corrected chi connectivity index (χ0v) is 21.2. The van der Waals surface area contributed by atoms with Crippen LogP contribution in [0.5, 0.6) is 5.75 Å². The van der Waals surface area contributed by atoms with E-state index in [2.05, 4.69) is 10.2 Å². The number of rotatable bonds is 9. The first-order valence-corrected chi connectivity index (χ1v) is 9.47. The van der Waals surface area contributed by atoms with Gasteiger partial charge in [0.05, 0.1) is 23.8 Å². The summed E-state index contributed by atoms with van der Waals surface area (Å²) in [5.74, 6) is 0.800. The molecule has 0 saturated heterocycles. The lowest BCUT2D eigenvalue weighted by atomic mass is 10.1. The van der Waals surface area contributed by atoms with Crippen molar-refractivity contribution in [2.75, 3.05) is 51.7 Å². The van der Waals surface area contributed by atoms with Crippen molar-refractivity contribution in [1.82, 2.24) is 9.88 Å². The molecule has 0 radical (unpaired) electrons. The predicted molar refractivity (Wildman–Crippen MR) is 143 cm³/mol. The molecule has 11 heteroatoms. The van der Waals surface area contributed by atoms with Gasteiger partial charge in [0.25, 0.3) is 0 Å². The third kappa shape index (κ3) is 8.15. The third-order valence-electron chi connectivity index (χ3n) is 4.56. The molecule has 0 amide bonds. The number of benzene rings is 2. The summed E-state index contributed by atoms with van der Waals surface area (Å²) in [6.07, 6.45) is 0. The maximum absolute atomic E-state index is 6.17. The highest BCUT2D eigenvalue weighted by Crippen LogP contribution is 2.34. The average Bonchev–Trinajstić information content (AvgIpc) is 2.67. The number of hydrogen-bond acceptors (Lipinski definition) is 6. The summed E-state index contributed by atoms with van der Waals surface area (Å²) >= 11 is 6.17. The van der Waals surface area contributed by atoms with Gasteiger partial charge in [0.1, 0.15) is 5.75 Å². The number of anilines is 1. The van der Waals surface area contributed by atoms with Crippen LogP contribution in [0.4, 0.5) is 5.69 Å². The molecule has 6 nitrogen and oxygen atoms in total. The summed E-state index contributed by atoms with van der Waals surface area (Å²) in [6, 6.07) is 11.7. The third-order valence-corrected chi connectivity index (χ3v) is 4.80. The van der Waals surface area contributed by atoms with Crippen molar-refractivity contribution < 1.29 is 4.74 Å². The smallest absolute Gasteiger partial charge is 0.119 e. The summed E-state index contributed by atoms with van der Waals surface area (Å²) in [4.78, 5) is 7.01. The zero-order valence-electron chi connectivity index (χ0n) is 17.2. The number of hydrogen-bond donors (Lipinski definition) is 3. The molecule has 31 heavy (non-hydrogen) atoms. The topological polar surface area (TPSA) is 89.4 Å². The first-order chi connectivity index (χ1) is 13.2. The molecule has 3 rings (SSSR count). The molecule has 1 heterocycles. The second-order valence-corrected chi connectivity index (χ2v) is 6.81. The highest BCUT2D eigenvalue weighted by molar-refractivity contribution is 6.31. The Bertz CT molecular complexity index is 925. The largest absolute Gasteiger partial charge is 0.497 e. The highest BCUT2D eigenvalue weighted by Gasteiger charge is 2.11. The minimum atomic E-state index is 0. The summed E-state index contributed by atoms with van der Waals surface area (Å²) in [6.45, 7) is 4.54. The van der Waals surface area contributed by atoms with Gasteiger partial charge in [0.2, 0.25) is 0 Å². The minimum Gasteiger partial charge on any atom is -0.497 e. The van der Waals surface area contributed by atoms with Gasteiger partial charge in [-0.1, -0.05) is 11.6 Å². The van der Waals surface area contributed by atoms with Crippen LogP contribution in [0.15, 0.2) is 36.4 Å². The van der Waals surface area contributed by atoms with Gasteiger partial charge in [0.15, 0.2) is 0 Å². The first kappa shape index (κ1) is 32.2. The molecule has 0 atom stereocenters. The quantitative estimate of drug-likeness (QED) is 0.354. The van der Waals surface area contributed by atoms with Crippen molar-refractivity contribution in [1.29, 1.82) is 0 Å². The van der Waals surface area contributed by atoms with Gasteiger partial charge >= 0.3 is 0 Å². The maximum atomic E-state index is 6.17. The van der Waals surface area contributed by atoms with E-state index in [0.717, 1.165) is 59.4 Å². The van der Waals surface area contributed by atoms with Gasteiger partial charge in [-0.25, -0.2) is 4.98 Å². The van der Waals surface area contributed by atoms with Gasteiger partial charge in [-0.2, -0.15) is 0 Å². The Morgan fingerprint density at radius 1 is 0.903 bits per heavy atom.